The second-order valence-electron chi connectivity index (χ2n) is 7.42. The molecule has 2 aromatic rings. The summed E-state index contributed by atoms with van der Waals surface area (Å²) < 4.78 is 9.87. The number of benzene rings is 2. The first-order valence-electron chi connectivity index (χ1n) is 9.04. The number of methoxy groups -OCH3 is 1. The molecule has 2 bridgehead atoms. The van der Waals surface area contributed by atoms with E-state index in [9.17, 15) is 0 Å². The van der Waals surface area contributed by atoms with Crippen molar-refractivity contribution in [3.63, 3.8) is 0 Å². The Balaban J connectivity index is 1.84. The van der Waals surface area contributed by atoms with Crippen LogP contribution >= 0.6 is 18.6 Å². The monoisotopic (exact) mass is 540 g/mol. The Labute approximate surface area is 159 Å². The molecule has 0 radical (unpaired) electrons. The van der Waals surface area contributed by atoms with Crippen molar-refractivity contribution in [2.75, 3.05) is 13.7 Å². The van der Waals surface area contributed by atoms with E-state index in [1.165, 1.54) is 19.3 Å². The van der Waals surface area contributed by atoms with Gasteiger partial charge in [-0.15, -0.1) is 0 Å². The van der Waals surface area contributed by atoms with Crippen LogP contribution in [0.5, 0.6) is 0 Å². The molecule has 0 aliphatic heterocycles. The third-order valence-corrected chi connectivity index (χ3v) is 31.4. The molecule has 0 amide bonds. The molecule has 0 spiro atoms. The summed E-state index contributed by atoms with van der Waals surface area (Å²) >= 11 is 0.190. The Bertz CT molecular complexity index is 635. The molecule has 0 heterocycles. The number of rotatable bonds is 5. The minimum atomic E-state index is -2.79. The van der Waals surface area contributed by atoms with Crippen molar-refractivity contribution in [1.29, 1.82) is 0 Å². The molecule has 24 heavy (non-hydrogen) atoms. The fourth-order valence-corrected chi connectivity index (χ4v) is 29.2. The van der Waals surface area contributed by atoms with Gasteiger partial charge in [-0.1, -0.05) is 0 Å². The van der Waals surface area contributed by atoms with Crippen LogP contribution in [0.2, 0.25) is 3.93 Å². The second kappa shape index (κ2) is 7.28. The zero-order valence-electron chi connectivity index (χ0n) is 14.2. The van der Waals surface area contributed by atoms with Crippen molar-refractivity contribution in [2.45, 2.75) is 23.2 Å². The van der Waals surface area contributed by atoms with Gasteiger partial charge in [-0.25, -0.2) is 0 Å². The van der Waals surface area contributed by atoms with Crippen molar-refractivity contribution < 1.29 is 4.74 Å². The fraction of sp³-hybridized carbons (Fsp3) is 0.429. The third-order valence-electron chi connectivity index (χ3n) is 6.29. The van der Waals surface area contributed by atoms with Gasteiger partial charge in [0.2, 0.25) is 0 Å². The molecule has 4 rings (SSSR count). The van der Waals surface area contributed by atoms with Crippen molar-refractivity contribution in [1.82, 2.24) is 0 Å². The van der Waals surface area contributed by atoms with Crippen molar-refractivity contribution >= 4 is 40.2 Å². The van der Waals surface area contributed by atoms with E-state index in [1.54, 1.807) is 7.16 Å². The molecule has 3 heteroatoms. The van der Waals surface area contributed by atoms with Gasteiger partial charge in [0.1, 0.15) is 0 Å². The molecule has 2 aliphatic rings. The van der Waals surface area contributed by atoms with Crippen LogP contribution in [0.1, 0.15) is 19.3 Å². The van der Waals surface area contributed by atoms with Gasteiger partial charge in [0, 0.05) is 0 Å². The van der Waals surface area contributed by atoms with Gasteiger partial charge in [-0.3, -0.25) is 0 Å². The first-order valence-corrected chi connectivity index (χ1v) is 21.9. The second-order valence-corrected chi connectivity index (χ2v) is 28.1. The Morgan fingerprint density at radius 1 is 0.917 bits per heavy atom. The van der Waals surface area contributed by atoms with Gasteiger partial charge in [0.15, 0.2) is 0 Å². The number of hydrogen-bond donors (Lipinski definition) is 0. The standard InChI is InChI=1S/C9H15O.2C6H5.HI.Sn/c1-10-6-9-5-7-2-3-8(9)4-7;2*1-2-4-6-5-3-1;;/h5,7-9H,2-4,6H2,1H3;2*1-5H;1H;/q;;;;+1/p-1/t7-,8+,9+;;;;/m0..../s1. The molecule has 2 saturated carbocycles. The predicted octanol–water partition coefficient (Wildman–Crippen LogP) is 4.24. The third kappa shape index (κ3) is 2.86. The van der Waals surface area contributed by atoms with Crippen LogP contribution in [0, 0.1) is 17.8 Å². The molecule has 0 N–H and O–H groups in total. The summed E-state index contributed by atoms with van der Waals surface area (Å²) in [5.41, 5.74) is 0. The van der Waals surface area contributed by atoms with Gasteiger partial charge in [-0.05, 0) is 0 Å². The SMILES string of the molecule is COC[C@@H]1[C@@H]2CC[C@@H](C2)[C@H]1[Sn]([I])([c]1ccccc1)[c]1ccccc1. The molecular formula is C21H25IOSn. The van der Waals surface area contributed by atoms with Crippen LogP contribution in [0.15, 0.2) is 60.7 Å². The molecule has 0 unspecified atom stereocenters. The van der Waals surface area contributed by atoms with E-state index in [0.29, 0.717) is 0 Å². The normalized spacial score (nSPS) is 29.1. The fourth-order valence-electron chi connectivity index (χ4n) is 5.38. The Hall–Kier alpha value is -0.0713. The van der Waals surface area contributed by atoms with Gasteiger partial charge in [0.05, 0.1) is 0 Å². The number of hydrogen-bond acceptors (Lipinski definition) is 1. The summed E-state index contributed by atoms with van der Waals surface area (Å²) in [7, 11) is 1.89. The average Bonchev–Trinajstić information content (AvgIpc) is 3.25. The van der Waals surface area contributed by atoms with E-state index in [1.807, 2.05) is 7.11 Å². The van der Waals surface area contributed by atoms with Crippen LogP contribution in [0.25, 0.3) is 0 Å². The summed E-state index contributed by atoms with van der Waals surface area (Å²) in [4.78, 5) is 0. The van der Waals surface area contributed by atoms with E-state index in [-0.39, 0.29) is 0 Å². The van der Waals surface area contributed by atoms with E-state index in [4.69, 9.17) is 4.74 Å². The molecular weight excluding hydrogens is 514 g/mol. The summed E-state index contributed by atoms with van der Waals surface area (Å²) in [5, 5.41) is 0. The number of ether oxygens (including phenoxy) is 1. The molecule has 4 atom stereocenters. The van der Waals surface area contributed by atoms with E-state index < -0.39 is 14.4 Å². The van der Waals surface area contributed by atoms with Crippen LogP contribution in [-0.4, -0.2) is 28.1 Å². The van der Waals surface area contributed by atoms with Crippen LogP contribution < -0.4 is 7.16 Å². The minimum absolute atomic E-state index is 0.766. The Morgan fingerprint density at radius 2 is 1.46 bits per heavy atom. The number of fused-ring (bicyclic) bond motifs is 2. The maximum atomic E-state index is 5.71. The maximum absolute atomic E-state index is 5.71. The average molecular weight is 539 g/mol. The quantitative estimate of drug-likeness (QED) is 0.409. The van der Waals surface area contributed by atoms with Crippen LogP contribution in [0.3, 0.4) is 0 Å². The summed E-state index contributed by atoms with van der Waals surface area (Å²) in [6.07, 6.45) is 4.31. The number of halogens is 1. The van der Waals surface area contributed by atoms with E-state index in [0.717, 1.165) is 28.3 Å². The van der Waals surface area contributed by atoms with Crippen LogP contribution in [0.4, 0.5) is 0 Å². The molecule has 1 nitrogen and oxygen atoms in total. The van der Waals surface area contributed by atoms with Gasteiger partial charge in [-0.2, -0.15) is 0 Å². The molecule has 0 aromatic heterocycles. The summed E-state index contributed by atoms with van der Waals surface area (Å²) in [5.74, 6) is 2.59. The van der Waals surface area contributed by atoms with Crippen molar-refractivity contribution in [3.8, 4) is 0 Å². The van der Waals surface area contributed by atoms with Gasteiger partial charge < -0.3 is 0 Å². The van der Waals surface area contributed by atoms with E-state index >= 15 is 0 Å². The zero-order valence-corrected chi connectivity index (χ0v) is 19.2. The van der Waals surface area contributed by atoms with Gasteiger partial charge >= 0.3 is 160 Å². The van der Waals surface area contributed by atoms with Crippen molar-refractivity contribution in [3.05, 3.63) is 60.7 Å². The summed E-state index contributed by atoms with van der Waals surface area (Å²) in [6, 6.07) is 22.9. The molecule has 2 aliphatic carbocycles. The van der Waals surface area contributed by atoms with E-state index in [2.05, 4.69) is 79.3 Å². The molecule has 0 saturated heterocycles. The summed E-state index contributed by atoms with van der Waals surface area (Å²) in [6.45, 7) is 0.952. The van der Waals surface area contributed by atoms with Crippen molar-refractivity contribution in [2.24, 2.45) is 17.8 Å². The Kier molecular flexibility index (Phi) is 5.26. The molecule has 2 aromatic carbocycles. The van der Waals surface area contributed by atoms with Crippen LogP contribution in [-0.2, 0) is 4.74 Å². The first kappa shape index (κ1) is 17.3. The molecule has 126 valence electrons. The predicted molar refractivity (Wildman–Crippen MR) is 112 cm³/mol. The first-order chi connectivity index (χ1) is 11.7. The Morgan fingerprint density at radius 3 is 2.00 bits per heavy atom. The topological polar surface area (TPSA) is 9.23 Å². The zero-order chi connectivity index (χ0) is 16.6. The molecule has 2 fully saturated rings. The van der Waals surface area contributed by atoms with Gasteiger partial charge in [0.25, 0.3) is 0 Å².